The van der Waals surface area contributed by atoms with E-state index in [1.807, 2.05) is 30.3 Å². The van der Waals surface area contributed by atoms with E-state index in [2.05, 4.69) is 72.5 Å². The van der Waals surface area contributed by atoms with Gasteiger partial charge in [-0.3, -0.25) is 4.79 Å². The molecule has 0 unspecified atom stereocenters. The minimum absolute atomic E-state index is 0.0471. The Morgan fingerprint density at radius 3 is 2.24 bits per heavy atom. The highest BCUT2D eigenvalue weighted by Gasteiger charge is 2.64. The molecular formula is C54H82FNO5S. The molecule has 0 saturated heterocycles. The summed E-state index contributed by atoms with van der Waals surface area (Å²) >= 11 is 0. The van der Waals surface area contributed by atoms with E-state index < -0.39 is 33.5 Å². The normalized spacial score (nSPS) is 39.2. The summed E-state index contributed by atoms with van der Waals surface area (Å²) in [7, 11) is -3.08. The van der Waals surface area contributed by atoms with Gasteiger partial charge in [0.1, 0.15) is 23.1 Å². The molecule has 0 radical (unpaired) electrons. The summed E-state index contributed by atoms with van der Waals surface area (Å²) in [5.74, 6) is 1.67. The molecule has 62 heavy (non-hydrogen) atoms. The molecular weight excluding hydrogens is 794 g/mol. The zero-order chi connectivity index (χ0) is 45.0. The van der Waals surface area contributed by atoms with Gasteiger partial charge in [-0.15, -0.1) is 0 Å². The van der Waals surface area contributed by atoms with E-state index in [1.165, 1.54) is 67.9 Å². The van der Waals surface area contributed by atoms with Crippen LogP contribution in [0.5, 0.6) is 0 Å². The number of sulfone groups is 1. The Labute approximate surface area is 375 Å². The number of hydrogen-bond acceptors (Lipinski definition) is 6. The molecule has 0 heterocycles. The highest BCUT2D eigenvalue weighted by Crippen LogP contribution is 2.69. The summed E-state index contributed by atoms with van der Waals surface area (Å²) in [6.45, 7) is 22.2. The second-order valence-corrected chi connectivity index (χ2v) is 25.9. The van der Waals surface area contributed by atoms with Gasteiger partial charge >= 0.3 is 5.97 Å². The SMILES string of the molecule is C=C(C)[C@@H]1CC[C@]2(NCCC3(O)CCC(S(C)(=O)=O)CC3)CC[C@]3(C)[C@H](CCC[C@@]3(C)CC[C@@H]3C(C)(C)CC=C(C4=CC[C@](CF)(C(=O)OCc5ccccc5)CC4)C3(C)C)[C@@H]12. The number of halogens is 1. The van der Waals surface area contributed by atoms with Gasteiger partial charge in [0.25, 0.3) is 0 Å². The maximum absolute atomic E-state index is 14.8. The van der Waals surface area contributed by atoms with Crippen molar-refractivity contribution in [1.82, 2.24) is 5.32 Å². The topological polar surface area (TPSA) is 92.7 Å². The van der Waals surface area contributed by atoms with Crippen LogP contribution in [0, 0.1) is 50.7 Å². The average molecular weight is 876 g/mol. The van der Waals surface area contributed by atoms with E-state index in [0.717, 1.165) is 31.4 Å². The summed E-state index contributed by atoms with van der Waals surface area (Å²) in [6, 6.07) is 9.64. The van der Waals surface area contributed by atoms with Gasteiger partial charge in [-0.2, -0.15) is 0 Å². The van der Waals surface area contributed by atoms with Gasteiger partial charge in [-0.25, -0.2) is 12.8 Å². The molecule has 2 N–H and O–H groups in total. The highest BCUT2D eigenvalue weighted by atomic mass is 32.2. The second kappa shape index (κ2) is 17.5. The van der Waals surface area contributed by atoms with Crippen LogP contribution in [0.3, 0.4) is 0 Å². The van der Waals surface area contributed by atoms with Crippen LogP contribution in [0.15, 0.2) is 65.8 Å². The first-order chi connectivity index (χ1) is 29.0. The fourth-order valence-electron chi connectivity index (χ4n) is 15.1. The Morgan fingerprint density at radius 2 is 1.61 bits per heavy atom. The van der Waals surface area contributed by atoms with E-state index >= 15 is 0 Å². The lowest BCUT2D eigenvalue weighted by Gasteiger charge is -2.64. The number of carbonyl (C=O) groups excluding carboxylic acids is 1. The van der Waals surface area contributed by atoms with E-state index in [1.54, 1.807) is 0 Å². The number of ether oxygens (including phenoxy) is 1. The van der Waals surface area contributed by atoms with Crippen molar-refractivity contribution in [3.8, 4) is 0 Å². The minimum atomic E-state index is -3.08. The number of esters is 1. The molecule has 4 fully saturated rings. The summed E-state index contributed by atoms with van der Waals surface area (Å²) < 4.78 is 45.0. The van der Waals surface area contributed by atoms with Crippen LogP contribution in [0.1, 0.15) is 170 Å². The Morgan fingerprint density at radius 1 is 0.903 bits per heavy atom. The zero-order valence-electron chi connectivity index (χ0n) is 39.9. The molecule has 0 aromatic heterocycles. The molecule has 346 valence electrons. The molecule has 8 atom stereocenters. The Bertz CT molecular complexity index is 1980. The second-order valence-electron chi connectivity index (χ2n) is 23.6. The molecule has 0 spiro atoms. The third kappa shape index (κ3) is 8.86. The van der Waals surface area contributed by atoms with E-state index in [0.29, 0.717) is 75.0 Å². The van der Waals surface area contributed by atoms with Crippen LogP contribution in [-0.2, 0) is 26.0 Å². The lowest BCUT2D eigenvalue weighted by Crippen LogP contribution is -2.63. The maximum Gasteiger partial charge on any atom is 0.315 e. The van der Waals surface area contributed by atoms with Gasteiger partial charge in [0.2, 0.25) is 0 Å². The smallest absolute Gasteiger partial charge is 0.315 e. The molecule has 0 aliphatic heterocycles. The predicted molar refractivity (Wildman–Crippen MR) is 251 cm³/mol. The van der Waals surface area contributed by atoms with Crippen molar-refractivity contribution in [3.63, 3.8) is 0 Å². The number of allylic oxidation sites excluding steroid dienone is 5. The maximum atomic E-state index is 14.8. The molecule has 1 aromatic rings. The molecule has 7 rings (SSSR count). The lowest BCUT2D eigenvalue weighted by atomic mass is 9.42. The Kier molecular flexibility index (Phi) is 13.5. The first-order valence-electron chi connectivity index (χ1n) is 24.5. The quantitative estimate of drug-likeness (QED) is 0.143. The van der Waals surface area contributed by atoms with E-state index in [9.17, 15) is 22.7 Å². The Hall–Kier alpha value is -2.29. The fraction of sp³-hybridized carbons (Fsp3) is 0.759. The third-order valence-corrected chi connectivity index (χ3v) is 21.0. The van der Waals surface area contributed by atoms with E-state index in [4.69, 9.17) is 4.74 Å². The zero-order valence-corrected chi connectivity index (χ0v) is 40.7. The molecule has 6 aliphatic carbocycles. The van der Waals surface area contributed by atoms with Crippen molar-refractivity contribution in [2.45, 2.75) is 187 Å². The van der Waals surface area contributed by atoms with Crippen LogP contribution in [0.2, 0.25) is 0 Å². The number of hydrogen-bond donors (Lipinski definition) is 2. The molecule has 1 aromatic carbocycles. The van der Waals surface area contributed by atoms with Crippen LogP contribution in [0.4, 0.5) is 4.39 Å². The van der Waals surface area contributed by atoms with Gasteiger partial charge in [-0.1, -0.05) is 103 Å². The lowest BCUT2D eigenvalue weighted by molar-refractivity contribution is -0.159. The summed E-state index contributed by atoms with van der Waals surface area (Å²) in [5.41, 5.74) is 3.55. The van der Waals surface area contributed by atoms with Crippen molar-refractivity contribution < 1.29 is 27.4 Å². The molecule has 6 nitrogen and oxygen atoms in total. The highest BCUT2D eigenvalue weighted by molar-refractivity contribution is 7.91. The number of alkyl halides is 1. The first-order valence-corrected chi connectivity index (χ1v) is 26.5. The van der Waals surface area contributed by atoms with Crippen LogP contribution in [0.25, 0.3) is 0 Å². The van der Waals surface area contributed by atoms with Crippen molar-refractivity contribution in [3.05, 3.63) is 71.3 Å². The number of benzene rings is 1. The van der Waals surface area contributed by atoms with Gasteiger partial charge < -0.3 is 15.2 Å². The van der Waals surface area contributed by atoms with Crippen LogP contribution >= 0.6 is 0 Å². The number of carbonyl (C=O) groups is 1. The number of nitrogens with one attached hydrogen (secondary N) is 1. The molecule has 0 bridgehead atoms. The van der Waals surface area contributed by atoms with Crippen molar-refractivity contribution in [1.29, 1.82) is 0 Å². The molecule has 4 saturated carbocycles. The minimum Gasteiger partial charge on any atom is -0.460 e. The molecule has 8 heteroatoms. The fourth-order valence-corrected chi connectivity index (χ4v) is 16.2. The largest absolute Gasteiger partial charge is 0.460 e. The summed E-state index contributed by atoms with van der Waals surface area (Å²) in [6.07, 6.45) is 22.3. The number of fused-ring (bicyclic) bond motifs is 3. The third-order valence-electron chi connectivity index (χ3n) is 19.3. The van der Waals surface area contributed by atoms with Crippen molar-refractivity contribution in [2.24, 2.45) is 50.7 Å². The van der Waals surface area contributed by atoms with Crippen molar-refractivity contribution >= 4 is 15.8 Å². The standard InChI is InChI=1S/C54H82FNO5S/c1-38(2)42-21-31-54(56-35-34-53(58)29-19-41(20-30-53)62(9,59)60)33-32-51(8)44(46(42)54)16-13-24-50(51,7)26-23-45-48(3,4)25-22-43(49(45,5)6)40-17-27-52(37-55,28-18-40)47(57)61-36-39-14-11-10-12-15-39/h10-12,14-15,17,22,41-42,44-46,56,58H,1,13,16,18-21,23-37H2,2-9H3/t41?,42-,44+,45+,46+,50-,51+,52-,53?,54-/m0/s1. The molecule has 0 amide bonds. The first kappa shape index (κ1) is 47.7. The van der Waals surface area contributed by atoms with Crippen molar-refractivity contribution in [2.75, 3.05) is 19.5 Å². The van der Waals surface area contributed by atoms with Gasteiger partial charge in [0.15, 0.2) is 0 Å². The average Bonchev–Trinajstić information content (AvgIpc) is 3.60. The molecule has 6 aliphatic rings. The predicted octanol–water partition coefficient (Wildman–Crippen LogP) is 12.2. The summed E-state index contributed by atoms with van der Waals surface area (Å²) in [4.78, 5) is 13.4. The Balaban J connectivity index is 1.04. The number of rotatable bonds is 14. The van der Waals surface area contributed by atoms with Crippen LogP contribution in [-0.4, -0.2) is 55.4 Å². The number of aliphatic hydroxyl groups is 1. The van der Waals surface area contributed by atoms with Gasteiger partial charge in [-0.05, 0) is 185 Å². The van der Waals surface area contributed by atoms with Gasteiger partial charge in [0, 0.05) is 11.8 Å². The summed E-state index contributed by atoms with van der Waals surface area (Å²) in [5, 5.41) is 15.5. The van der Waals surface area contributed by atoms with Crippen LogP contribution < -0.4 is 5.32 Å². The van der Waals surface area contributed by atoms with Gasteiger partial charge in [0.05, 0.1) is 16.3 Å². The monoisotopic (exact) mass is 876 g/mol. The van der Waals surface area contributed by atoms with E-state index in [-0.39, 0.29) is 39.1 Å².